The molecular formula is C9H15NOSi. The lowest BCUT2D eigenvalue weighted by Gasteiger charge is -2.06. The smallest absolute Gasteiger partial charge is 0.235 e. The maximum Gasteiger partial charge on any atom is 0.235 e. The fourth-order valence-corrected chi connectivity index (χ4v) is 1.48. The second-order valence-electron chi connectivity index (χ2n) is 4.45. The van der Waals surface area contributed by atoms with Crippen LogP contribution in [-0.4, -0.2) is 14.0 Å². The minimum atomic E-state index is -1.34. The molecule has 0 aliphatic heterocycles. The molecule has 2 nitrogen and oxygen atoms in total. The van der Waals surface area contributed by atoms with Gasteiger partial charge in [0.05, 0.1) is 0 Å². The summed E-state index contributed by atoms with van der Waals surface area (Å²) >= 11 is 0. The molecule has 3 heteroatoms. The van der Waals surface area contributed by atoms with E-state index < -0.39 is 13.5 Å². The van der Waals surface area contributed by atoms with Crippen LogP contribution in [0.4, 0.5) is 0 Å². The highest BCUT2D eigenvalue weighted by molar-refractivity contribution is 6.83. The molecule has 0 bridgehead atoms. The Morgan fingerprint density at radius 1 is 1.42 bits per heavy atom. The largest absolute Gasteiger partial charge is 0.368 e. The SMILES string of the molecule is C[Si](C)(C)C#CC1(C(N)=O)CC1. The molecule has 0 radical (unpaired) electrons. The zero-order valence-electron chi connectivity index (χ0n) is 7.90. The monoisotopic (exact) mass is 181 g/mol. The molecule has 0 spiro atoms. The Kier molecular flexibility index (Phi) is 2.05. The number of rotatable bonds is 1. The summed E-state index contributed by atoms with van der Waals surface area (Å²) < 4.78 is 0. The van der Waals surface area contributed by atoms with Crippen LogP contribution in [0.25, 0.3) is 0 Å². The third kappa shape index (κ3) is 2.11. The molecule has 66 valence electrons. The van der Waals surface area contributed by atoms with Crippen molar-refractivity contribution >= 4 is 14.0 Å². The van der Waals surface area contributed by atoms with Gasteiger partial charge in [-0.1, -0.05) is 25.6 Å². The minimum absolute atomic E-state index is 0.242. The molecular weight excluding hydrogens is 166 g/mol. The van der Waals surface area contributed by atoms with E-state index in [1.165, 1.54) is 0 Å². The van der Waals surface area contributed by atoms with E-state index in [9.17, 15) is 4.79 Å². The molecule has 12 heavy (non-hydrogen) atoms. The van der Waals surface area contributed by atoms with E-state index in [1.807, 2.05) is 0 Å². The van der Waals surface area contributed by atoms with Crippen molar-refractivity contribution in [2.24, 2.45) is 11.1 Å². The van der Waals surface area contributed by atoms with Crippen LogP contribution in [0.3, 0.4) is 0 Å². The molecule has 0 aromatic carbocycles. The molecule has 0 unspecified atom stereocenters. The molecule has 1 aliphatic carbocycles. The fraction of sp³-hybridized carbons (Fsp3) is 0.667. The standard InChI is InChI=1S/C9H15NOSi/c1-12(2,3)7-6-9(4-5-9)8(10)11/h4-5H2,1-3H3,(H2,10,11). The summed E-state index contributed by atoms with van der Waals surface area (Å²) in [5.74, 6) is 2.80. The lowest BCUT2D eigenvalue weighted by molar-refractivity contribution is -0.121. The summed E-state index contributed by atoms with van der Waals surface area (Å²) in [6.07, 6.45) is 1.72. The number of carbonyl (C=O) groups is 1. The van der Waals surface area contributed by atoms with Gasteiger partial charge in [-0.05, 0) is 12.8 Å². The summed E-state index contributed by atoms with van der Waals surface area (Å²) in [5.41, 5.74) is 8.00. The molecule has 1 rings (SSSR count). The van der Waals surface area contributed by atoms with E-state index in [-0.39, 0.29) is 5.91 Å². The van der Waals surface area contributed by atoms with E-state index in [1.54, 1.807) is 0 Å². The van der Waals surface area contributed by atoms with Crippen molar-refractivity contribution in [3.8, 4) is 11.5 Å². The normalized spacial score (nSPS) is 19.2. The quantitative estimate of drug-likeness (QED) is 0.478. The topological polar surface area (TPSA) is 43.1 Å². The van der Waals surface area contributed by atoms with Gasteiger partial charge in [-0.25, -0.2) is 0 Å². The van der Waals surface area contributed by atoms with E-state index in [0.29, 0.717) is 0 Å². The van der Waals surface area contributed by atoms with Crippen LogP contribution in [0.15, 0.2) is 0 Å². The van der Waals surface area contributed by atoms with Crippen molar-refractivity contribution in [1.29, 1.82) is 0 Å². The highest BCUT2D eigenvalue weighted by Gasteiger charge is 2.47. The molecule has 1 saturated carbocycles. The lowest BCUT2D eigenvalue weighted by atomic mass is 10.1. The summed E-state index contributed by atoms with van der Waals surface area (Å²) in [7, 11) is -1.34. The molecule has 0 aromatic heterocycles. The summed E-state index contributed by atoms with van der Waals surface area (Å²) in [6, 6.07) is 0. The van der Waals surface area contributed by atoms with Crippen molar-refractivity contribution in [3.05, 3.63) is 0 Å². The van der Waals surface area contributed by atoms with Gasteiger partial charge in [0.1, 0.15) is 13.5 Å². The van der Waals surface area contributed by atoms with Gasteiger partial charge in [-0.3, -0.25) is 4.79 Å². The van der Waals surface area contributed by atoms with Crippen LogP contribution >= 0.6 is 0 Å². The molecule has 0 aromatic rings. The predicted octanol–water partition coefficient (Wildman–Crippen LogP) is 1.13. The Hall–Kier alpha value is -0.753. The average Bonchev–Trinajstić information content (AvgIpc) is 2.61. The van der Waals surface area contributed by atoms with Gasteiger partial charge in [0, 0.05) is 0 Å². The zero-order chi connectivity index (χ0) is 9.41. The van der Waals surface area contributed by atoms with E-state index in [0.717, 1.165) is 12.8 Å². The summed E-state index contributed by atoms with van der Waals surface area (Å²) in [6.45, 7) is 6.49. The second-order valence-corrected chi connectivity index (χ2v) is 9.20. The van der Waals surface area contributed by atoms with Gasteiger partial charge in [-0.15, -0.1) is 5.54 Å². The van der Waals surface area contributed by atoms with E-state index >= 15 is 0 Å². The Balaban J connectivity index is 2.72. The highest BCUT2D eigenvalue weighted by Crippen LogP contribution is 2.44. The summed E-state index contributed by atoms with van der Waals surface area (Å²) in [4.78, 5) is 10.9. The Morgan fingerprint density at radius 2 is 1.92 bits per heavy atom. The van der Waals surface area contributed by atoms with Crippen LogP contribution in [0.1, 0.15) is 12.8 Å². The first kappa shape index (κ1) is 9.34. The van der Waals surface area contributed by atoms with E-state index in [4.69, 9.17) is 5.73 Å². The third-order valence-electron chi connectivity index (χ3n) is 1.90. The molecule has 1 aliphatic rings. The molecule has 0 heterocycles. The first-order chi connectivity index (χ1) is 5.36. The number of amides is 1. The highest BCUT2D eigenvalue weighted by atomic mass is 28.3. The van der Waals surface area contributed by atoms with Gasteiger partial charge < -0.3 is 5.73 Å². The van der Waals surface area contributed by atoms with Gasteiger partial charge in [0.2, 0.25) is 5.91 Å². The van der Waals surface area contributed by atoms with Crippen molar-refractivity contribution in [2.75, 3.05) is 0 Å². The number of primary amides is 1. The number of carbonyl (C=O) groups excluding carboxylic acids is 1. The van der Waals surface area contributed by atoms with Crippen molar-refractivity contribution in [3.63, 3.8) is 0 Å². The molecule has 2 N–H and O–H groups in total. The summed E-state index contributed by atoms with van der Waals surface area (Å²) in [5, 5.41) is 0. The number of nitrogens with two attached hydrogens (primary N) is 1. The average molecular weight is 181 g/mol. The Morgan fingerprint density at radius 3 is 2.17 bits per heavy atom. The van der Waals surface area contributed by atoms with Gasteiger partial charge in [0.15, 0.2) is 0 Å². The predicted molar refractivity (Wildman–Crippen MR) is 52.0 cm³/mol. The number of hydrogen-bond acceptors (Lipinski definition) is 1. The van der Waals surface area contributed by atoms with Crippen LogP contribution < -0.4 is 5.73 Å². The molecule has 1 amide bonds. The Labute approximate surface area is 74.5 Å². The van der Waals surface area contributed by atoms with Crippen molar-refractivity contribution in [1.82, 2.24) is 0 Å². The number of hydrogen-bond donors (Lipinski definition) is 1. The molecule has 0 atom stereocenters. The molecule has 1 fully saturated rings. The van der Waals surface area contributed by atoms with E-state index in [2.05, 4.69) is 31.1 Å². The molecule has 0 saturated heterocycles. The maximum atomic E-state index is 10.9. The van der Waals surface area contributed by atoms with Crippen LogP contribution in [0.2, 0.25) is 19.6 Å². The van der Waals surface area contributed by atoms with Crippen LogP contribution in [-0.2, 0) is 4.79 Å². The zero-order valence-corrected chi connectivity index (χ0v) is 8.90. The van der Waals surface area contributed by atoms with Gasteiger partial charge in [-0.2, -0.15) is 0 Å². The second kappa shape index (κ2) is 2.63. The fourth-order valence-electron chi connectivity index (χ4n) is 0.865. The third-order valence-corrected chi connectivity index (χ3v) is 2.77. The van der Waals surface area contributed by atoms with Crippen molar-refractivity contribution in [2.45, 2.75) is 32.5 Å². The van der Waals surface area contributed by atoms with Gasteiger partial charge >= 0.3 is 0 Å². The first-order valence-corrected chi connectivity index (χ1v) is 7.70. The maximum absolute atomic E-state index is 10.9. The first-order valence-electron chi connectivity index (χ1n) is 4.20. The minimum Gasteiger partial charge on any atom is -0.368 e. The Bertz CT molecular complexity index is 262. The van der Waals surface area contributed by atoms with Gasteiger partial charge in [0.25, 0.3) is 0 Å². The lowest BCUT2D eigenvalue weighted by Crippen LogP contribution is -2.25. The van der Waals surface area contributed by atoms with Crippen LogP contribution in [0.5, 0.6) is 0 Å². The van der Waals surface area contributed by atoms with Crippen molar-refractivity contribution < 1.29 is 4.79 Å². The van der Waals surface area contributed by atoms with Crippen LogP contribution in [0, 0.1) is 16.9 Å².